The Morgan fingerprint density at radius 2 is 1.36 bits per heavy atom. The summed E-state index contributed by atoms with van der Waals surface area (Å²) in [5.74, 6) is -1.38. The number of carbonyl (C=O) groups excluding carboxylic acids is 2. The van der Waals surface area contributed by atoms with Crippen LogP contribution in [0, 0.1) is 0 Å². The van der Waals surface area contributed by atoms with E-state index < -0.39 is 36.7 Å². The van der Waals surface area contributed by atoms with Crippen molar-refractivity contribution in [3.8, 4) is 23.0 Å². The Morgan fingerprint density at radius 1 is 0.795 bits per heavy atom. The number of hydrogen-bond donors (Lipinski definition) is 5. The lowest BCUT2D eigenvalue weighted by molar-refractivity contribution is -0.271. The molecular weight excluding hydrogens is 516 g/mol. The monoisotopic (exact) mass is 548 g/mol. The first-order valence-electron chi connectivity index (χ1n) is 12.2. The number of aliphatic hydroxyl groups is 3. The molecule has 212 valence electrons. The van der Waals surface area contributed by atoms with E-state index in [-0.39, 0.29) is 48.1 Å². The van der Waals surface area contributed by atoms with Gasteiger partial charge < -0.3 is 44.5 Å². The van der Waals surface area contributed by atoms with Crippen LogP contribution in [0.2, 0.25) is 0 Å². The molecule has 39 heavy (non-hydrogen) atoms. The number of phenols is 1. The third-order valence-corrected chi connectivity index (χ3v) is 6.31. The van der Waals surface area contributed by atoms with Crippen molar-refractivity contribution in [1.29, 1.82) is 0 Å². The van der Waals surface area contributed by atoms with Gasteiger partial charge in [0.05, 0.1) is 20.6 Å². The fourth-order valence-electron chi connectivity index (χ4n) is 4.08. The third-order valence-electron chi connectivity index (χ3n) is 6.31. The van der Waals surface area contributed by atoms with Gasteiger partial charge in [0, 0.05) is 12.8 Å². The van der Waals surface area contributed by atoms with Crippen LogP contribution >= 0.6 is 0 Å². The highest BCUT2D eigenvalue weighted by Crippen LogP contribution is 2.32. The number of benzene rings is 2. The maximum atomic E-state index is 12.4. The van der Waals surface area contributed by atoms with Crippen molar-refractivity contribution in [3.05, 3.63) is 47.5 Å². The summed E-state index contributed by atoms with van der Waals surface area (Å²) in [5.41, 5.74) is 1.50. The number of aromatic hydroxyl groups is 1. The minimum Gasteiger partial charge on any atom is -0.504 e. The van der Waals surface area contributed by atoms with Crippen LogP contribution in [0.1, 0.15) is 30.4 Å². The SMILES string of the molecule is COc1cc(CCC(=O)CC(=O)CCc2ccc(O[C@@H]3O[C@@H](C(=O)O)[C@@H](O)[C@@H](O)[C@H]3O)c(OC)c2)ccc1O. The minimum atomic E-state index is -1.85. The van der Waals surface area contributed by atoms with Gasteiger partial charge in [-0.05, 0) is 48.2 Å². The van der Waals surface area contributed by atoms with Gasteiger partial charge in [0.2, 0.25) is 6.29 Å². The number of Topliss-reactive ketones (excluding diaryl/α,β-unsaturated/α-hetero) is 2. The summed E-state index contributed by atoms with van der Waals surface area (Å²) in [6, 6.07) is 9.49. The molecule has 3 rings (SSSR count). The molecule has 0 saturated carbocycles. The quantitative estimate of drug-likeness (QED) is 0.222. The van der Waals surface area contributed by atoms with Gasteiger partial charge in [-0.1, -0.05) is 12.1 Å². The zero-order chi connectivity index (χ0) is 28.7. The van der Waals surface area contributed by atoms with Crippen molar-refractivity contribution in [2.75, 3.05) is 14.2 Å². The maximum Gasteiger partial charge on any atom is 0.335 e. The Labute approximate surface area is 224 Å². The molecule has 12 nitrogen and oxygen atoms in total. The number of rotatable bonds is 13. The number of phenolic OH excluding ortho intramolecular Hbond substituents is 1. The van der Waals surface area contributed by atoms with Gasteiger partial charge in [-0.2, -0.15) is 0 Å². The molecule has 0 aromatic heterocycles. The molecule has 2 aromatic rings. The van der Waals surface area contributed by atoms with E-state index in [4.69, 9.17) is 18.9 Å². The molecule has 1 heterocycles. The van der Waals surface area contributed by atoms with E-state index in [0.717, 1.165) is 5.56 Å². The molecule has 2 aromatic carbocycles. The zero-order valence-corrected chi connectivity index (χ0v) is 21.5. The molecule has 0 spiro atoms. The van der Waals surface area contributed by atoms with Gasteiger partial charge in [0.25, 0.3) is 0 Å². The third kappa shape index (κ3) is 7.67. The molecule has 5 N–H and O–H groups in total. The Bertz CT molecular complexity index is 1180. The molecule has 0 bridgehead atoms. The van der Waals surface area contributed by atoms with Crippen LogP contribution in [0.15, 0.2) is 36.4 Å². The topological polar surface area (TPSA) is 189 Å². The number of methoxy groups -OCH3 is 2. The largest absolute Gasteiger partial charge is 0.504 e. The molecule has 5 atom stereocenters. The van der Waals surface area contributed by atoms with Gasteiger partial charge >= 0.3 is 5.97 Å². The summed E-state index contributed by atoms with van der Waals surface area (Å²) in [5, 5.41) is 48.8. The summed E-state index contributed by atoms with van der Waals surface area (Å²) in [4.78, 5) is 36.0. The minimum absolute atomic E-state index is 0.00403. The molecule has 12 heteroatoms. The fraction of sp³-hybridized carbons (Fsp3) is 0.444. The number of carbonyl (C=O) groups is 3. The number of ether oxygens (including phenoxy) is 4. The second-order valence-corrected chi connectivity index (χ2v) is 9.10. The normalized spacial score (nSPS) is 22.6. The number of aliphatic carboxylic acids is 1. The van der Waals surface area contributed by atoms with Crippen molar-refractivity contribution in [1.82, 2.24) is 0 Å². The molecule has 0 aliphatic carbocycles. The van der Waals surface area contributed by atoms with Gasteiger partial charge in [-0.15, -0.1) is 0 Å². The van der Waals surface area contributed by atoms with E-state index in [9.17, 15) is 39.9 Å². The zero-order valence-electron chi connectivity index (χ0n) is 21.5. The maximum absolute atomic E-state index is 12.4. The highest BCUT2D eigenvalue weighted by molar-refractivity contribution is 5.99. The highest BCUT2D eigenvalue weighted by Gasteiger charge is 2.48. The van der Waals surface area contributed by atoms with E-state index in [1.807, 2.05) is 0 Å². The van der Waals surface area contributed by atoms with Crippen molar-refractivity contribution in [2.45, 2.75) is 62.8 Å². The smallest absolute Gasteiger partial charge is 0.335 e. The summed E-state index contributed by atoms with van der Waals surface area (Å²) in [6.45, 7) is 0. The number of ketones is 2. The lowest BCUT2D eigenvalue weighted by atomic mass is 9.99. The van der Waals surface area contributed by atoms with Gasteiger partial charge in [-0.25, -0.2) is 4.79 Å². The molecule has 1 fully saturated rings. The number of aryl methyl sites for hydroxylation is 2. The first kappa shape index (κ1) is 29.8. The number of carboxylic acids is 1. The van der Waals surface area contributed by atoms with E-state index in [1.165, 1.54) is 26.4 Å². The predicted molar refractivity (Wildman–Crippen MR) is 134 cm³/mol. The first-order chi connectivity index (χ1) is 18.5. The average Bonchev–Trinajstić information content (AvgIpc) is 2.91. The van der Waals surface area contributed by atoms with Crippen molar-refractivity contribution < 1.29 is 58.9 Å². The summed E-state index contributed by atoms with van der Waals surface area (Å²) in [7, 11) is 2.79. The van der Waals surface area contributed by atoms with Crippen LogP contribution in [-0.4, -0.2) is 88.0 Å². The van der Waals surface area contributed by atoms with E-state index in [2.05, 4.69) is 0 Å². The Hall–Kier alpha value is -3.71. The summed E-state index contributed by atoms with van der Waals surface area (Å²) in [6.07, 6.45) is -8.00. The number of hydrogen-bond acceptors (Lipinski definition) is 11. The Balaban J connectivity index is 1.53. The second-order valence-electron chi connectivity index (χ2n) is 9.10. The van der Waals surface area contributed by atoms with Crippen LogP contribution in [-0.2, 0) is 32.0 Å². The standard InChI is InChI=1S/C27H32O12/c1-36-20-11-14(5-9-18(20)30)3-7-16(28)13-17(29)8-4-15-6-10-19(21(12-15)37-2)38-27-24(33)22(31)23(32)25(39-27)26(34)35/h5-6,9-12,22-25,27,30-33H,3-4,7-8,13H2,1-2H3,(H,34,35)/t22-,23+,24-,25-,27-/m1/s1. The van der Waals surface area contributed by atoms with Gasteiger partial charge in [0.15, 0.2) is 29.1 Å². The first-order valence-corrected chi connectivity index (χ1v) is 12.2. The van der Waals surface area contributed by atoms with Crippen LogP contribution in [0.4, 0.5) is 0 Å². The highest BCUT2D eigenvalue weighted by atomic mass is 16.7. The molecule has 0 amide bonds. The van der Waals surface area contributed by atoms with Crippen LogP contribution < -0.4 is 14.2 Å². The van der Waals surface area contributed by atoms with Crippen molar-refractivity contribution in [2.24, 2.45) is 0 Å². The molecule has 1 aliphatic heterocycles. The van der Waals surface area contributed by atoms with Gasteiger partial charge in [0.1, 0.15) is 29.9 Å². The lowest BCUT2D eigenvalue weighted by Crippen LogP contribution is -2.61. The molecule has 1 saturated heterocycles. The molecule has 1 aliphatic rings. The Kier molecular flexibility index (Phi) is 10.2. The lowest BCUT2D eigenvalue weighted by Gasteiger charge is -2.38. The fourth-order valence-corrected chi connectivity index (χ4v) is 4.08. The predicted octanol–water partition coefficient (Wildman–Crippen LogP) is 0.774. The summed E-state index contributed by atoms with van der Waals surface area (Å²) < 4.78 is 21.0. The summed E-state index contributed by atoms with van der Waals surface area (Å²) >= 11 is 0. The van der Waals surface area contributed by atoms with Gasteiger partial charge in [-0.3, -0.25) is 9.59 Å². The van der Waals surface area contributed by atoms with E-state index in [0.29, 0.717) is 24.2 Å². The van der Waals surface area contributed by atoms with Crippen LogP contribution in [0.5, 0.6) is 23.0 Å². The van der Waals surface area contributed by atoms with E-state index in [1.54, 1.807) is 24.3 Å². The molecule has 0 unspecified atom stereocenters. The Morgan fingerprint density at radius 3 is 1.92 bits per heavy atom. The van der Waals surface area contributed by atoms with Crippen LogP contribution in [0.3, 0.4) is 0 Å². The van der Waals surface area contributed by atoms with Crippen molar-refractivity contribution >= 4 is 17.5 Å². The number of carboxylic acid groups (broad SMARTS) is 1. The van der Waals surface area contributed by atoms with Crippen molar-refractivity contribution in [3.63, 3.8) is 0 Å². The van der Waals surface area contributed by atoms with E-state index >= 15 is 0 Å². The second kappa shape index (κ2) is 13.4. The molecule has 0 radical (unpaired) electrons. The number of aliphatic hydroxyl groups excluding tert-OH is 3. The molecular formula is C27H32O12. The average molecular weight is 549 g/mol. The van der Waals surface area contributed by atoms with Crippen LogP contribution in [0.25, 0.3) is 0 Å².